The number of aromatic nitrogens is 1. The van der Waals surface area contributed by atoms with Crippen LogP contribution < -0.4 is 0 Å². The zero-order valence-corrected chi connectivity index (χ0v) is 12.5. The van der Waals surface area contributed by atoms with Crippen LogP contribution in [-0.2, 0) is 5.41 Å². The minimum absolute atomic E-state index is 0.184. The van der Waals surface area contributed by atoms with Gasteiger partial charge in [0, 0.05) is 34.1 Å². The van der Waals surface area contributed by atoms with E-state index in [0.29, 0.717) is 5.41 Å². The standard InChI is InChI=1S/C18H20N2O2/c21-20(22)15-1-2-16-14(6-15)7-17(19-16)18-8-11-3-12(9-18)5-13(4-11)10-18/h1-2,6-7,11-13,19H,3-5,8-10H2. The first-order chi connectivity index (χ1) is 10.6. The van der Waals surface area contributed by atoms with Gasteiger partial charge in [-0.1, -0.05) is 0 Å². The van der Waals surface area contributed by atoms with Gasteiger partial charge in [0.25, 0.3) is 5.69 Å². The molecule has 0 amide bonds. The fourth-order valence-corrected chi connectivity index (χ4v) is 5.96. The summed E-state index contributed by atoms with van der Waals surface area (Å²) in [6.07, 6.45) is 8.25. The lowest BCUT2D eigenvalue weighted by atomic mass is 9.49. The Morgan fingerprint density at radius 1 is 1.05 bits per heavy atom. The second-order valence-corrected chi connectivity index (χ2v) is 7.91. The molecule has 4 heteroatoms. The van der Waals surface area contributed by atoms with Gasteiger partial charge in [0.2, 0.25) is 0 Å². The molecule has 22 heavy (non-hydrogen) atoms. The van der Waals surface area contributed by atoms with Crippen molar-refractivity contribution in [2.45, 2.75) is 43.9 Å². The quantitative estimate of drug-likeness (QED) is 0.653. The number of hydrogen-bond acceptors (Lipinski definition) is 2. The van der Waals surface area contributed by atoms with Crippen molar-refractivity contribution < 1.29 is 4.92 Å². The average molecular weight is 296 g/mol. The lowest BCUT2D eigenvalue weighted by Crippen LogP contribution is -2.48. The second-order valence-electron chi connectivity index (χ2n) is 7.91. The summed E-state index contributed by atoms with van der Waals surface area (Å²) >= 11 is 0. The number of H-pyrrole nitrogens is 1. The van der Waals surface area contributed by atoms with Crippen molar-refractivity contribution >= 4 is 16.6 Å². The Balaban J connectivity index is 1.60. The summed E-state index contributed by atoms with van der Waals surface area (Å²) in [6, 6.07) is 7.35. The van der Waals surface area contributed by atoms with Crippen LogP contribution in [0.3, 0.4) is 0 Å². The van der Waals surface area contributed by atoms with Crippen LogP contribution in [0.5, 0.6) is 0 Å². The molecule has 0 spiro atoms. The predicted molar refractivity (Wildman–Crippen MR) is 84.8 cm³/mol. The van der Waals surface area contributed by atoms with E-state index < -0.39 is 0 Å². The molecular formula is C18H20N2O2. The van der Waals surface area contributed by atoms with Crippen LogP contribution in [0.15, 0.2) is 24.3 Å². The minimum Gasteiger partial charge on any atom is -0.358 e. The van der Waals surface area contributed by atoms with E-state index in [2.05, 4.69) is 11.1 Å². The summed E-state index contributed by atoms with van der Waals surface area (Å²) in [5.41, 5.74) is 2.88. The number of nitrogens with one attached hydrogen (secondary N) is 1. The van der Waals surface area contributed by atoms with Gasteiger partial charge in [0.05, 0.1) is 4.92 Å². The smallest absolute Gasteiger partial charge is 0.270 e. The van der Waals surface area contributed by atoms with Crippen molar-refractivity contribution in [3.8, 4) is 0 Å². The molecule has 1 heterocycles. The number of fused-ring (bicyclic) bond motifs is 1. The Bertz CT molecular complexity index is 741. The molecule has 0 atom stereocenters. The van der Waals surface area contributed by atoms with Gasteiger partial charge < -0.3 is 4.98 Å². The molecule has 0 saturated heterocycles. The van der Waals surface area contributed by atoms with Crippen molar-refractivity contribution in [2.24, 2.45) is 17.8 Å². The van der Waals surface area contributed by atoms with Gasteiger partial charge in [-0.25, -0.2) is 0 Å². The summed E-state index contributed by atoms with van der Waals surface area (Å²) in [5.74, 6) is 2.73. The van der Waals surface area contributed by atoms with Crippen molar-refractivity contribution in [3.05, 3.63) is 40.1 Å². The number of aromatic amines is 1. The molecule has 0 aliphatic heterocycles. The number of hydrogen-bond donors (Lipinski definition) is 1. The zero-order valence-electron chi connectivity index (χ0n) is 12.5. The highest BCUT2D eigenvalue weighted by Crippen LogP contribution is 2.60. The lowest BCUT2D eigenvalue weighted by Gasteiger charge is -2.56. The molecule has 4 bridgehead atoms. The van der Waals surface area contributed by atoms with E-state index in [-0.39, 0.29) is 10.6 Å². The third-order valence-corrected chi connectivity index (χ3v) is 6.42. The molecule has 114 valence electrons. The Morgan fingerprint density at radius 2 is 1.68 bits per heavy atom. The molecule has 0 unspecified atom stereocenters. The first-order valence-electron chi connectivity index (χ1n) is 8.39. The fourth-order valence-electron chi connectivity index (χ4n) is 5.96. The van der Waals surface area contributed by atoms with Gasteiger partial charge in [-0.3, -0.25) is 10.1 Å². The molecule has 4 aliphatic rings. The molecule has 4 nitrogen and oxygen atoms in total. The monoisotopic (exact) mass is 296 g/mol. The molecule has 4 aliphatic carbocycles. The van der Waals surface area contributed by atoms with Gasteiger partial charge in [-0.2, -0.15) is 0 Å². The third-order valence-electron chi connectivity index (χ3n) is 6.42. The number of nitro benzene ring substituents is 1. The largest absolute Gasteiger partial charge is 0.358 e. The highest BCUT2D eigenvalue weighted by molar-refractivity contribution is 5.83. The Hall–Kier alpha value is -1.84. The van der Waals surface area contributed by atoms with Crippen LogP contribution in [0.2, 0.25) is 0 Å². The average Bonchev–Trinajstić information content (AvgIpc) is 2.89. The third kappa shape index (κ3) is 1.70. The maximum atomic E-state index is 11.0. The van der Waals surface area contributed by atoms with Crippen molar-refractivity contribution in [3.63, 3.8) is 0 Å². The Labute approximate surface area is 129 Å². The van der Waals surface area contributed by atoms with E-state index in [4.69, 9.17) is 0 Å². The molecule has 0 radical (unpaired) electrons. The van der Waals surface area contributed by atoms with Crippen LogP contribution in [-0.4, -0.2) is 9.91 Å². The van der Waals surface area contributed by atoms with Crippen LogP contribution in [0.25, 0.3) is 10.9 Å². The zero-order chi connectivity index (χ0) is 14.9. The molecular weight excluding hydrogens is 276 g/mol. The molecule has 4 saturated carbocycles. The first kappa shape index (κ1) is 12.7. The number of rotatable bonds is 2. The Kier molecular flexibility index (Phi) is 2.37. The van der Waals surface area contributed by atoms with E-state index in [0.717, 1.165) is 28.7 Å². The van der Waals surface area contributed by atoms with Gasteiger partial charge in [0.1, 0.15) is 0 Å². The van der Waals surface area contributed by atoms with Crippen LogP contribution >= 0.6 is 0 Å². The summed E-state index contributed by atoms with van der Waals surface area (Å²) in [5, 5.41) is 12.0. The SMILES string of the molecule is O=[N+]([O-])c1ccc2[nH]c(C34CC5CC(CC(C5)C3)C4)cc2c1. The maximum Gasteiger partial charge on any atom is 0.270 e. The normalized spacial score (nSPS) is 36.1. The summed E-state index contributed by atoms with van der Waals surface area (Å²) in [4.78, 5) is 14.3. The number of nitrogens with zero attached hydrogens (tertiary/aromatic N) is 1. The summed E-state index contributed by atoms with van der Waals surface area (Å²) in [6.45, 7) is 0. The van der Waals surface area contributed by atoms with Crippen molar-refractivity contribution in [2.75, 3.05) is 0 Å². The molecule has 4 fully saturated rings. The second kappa shape index (κ2) is 4.12. The van der Waals surface area contributed by atoms with Crippen molar-refractivity contribution in [1.29, 1.82) is 0 Å². The Morgan fingerprint density at radius 3 is 2.27 bits per heavy atom. The van der Waals surface area contributed by atoms with Gasteiger partial charge in [0.15, 0.2) is 0 Å². The summed E-state index contributed by atoms with van der Waals surface area (Å²) < 4.78 is 0. The first-order valence-corrected chi connectivity index (χ1v) is 8.39. The molecule has 1 aromatic heterocycles. The van der Waals surface area contributed by atoms with Crippen LogP contribution in [0.4, 0.5) is 5.69 Å². The minimum atomic E-state index is -0.309. The maximum absolute atomic E-state index is 11.0. The summed E-state index contributed by atoms with van der Waals surface area (Å²) in [7, 11) is 0. The van der Waals surface area contributed by atoms with Crippen LogP contribution in [0, 0.1) is 27.9 Å². The highest BCUT2D eigenvalue weighted by Gasteiger charge is 2.52. The van der Waals surface area contributed by atoms with E-state index in [1.165, 1.54) is 44.2 Å². The van der Waals surface area contributed by atoms with E-state index in [9.17, 15) is 10.1 Å². The predicted octanol–water partition coefficient (Wildman–Crippen LogP) is 4.54. The fraction of sp³-hybridized carbons (Fsp3) is 0.556. The molecule has 1 aromatic carbocycles. The number of non-ortho nitro benzene ring substituents is 1. The van der Waals surface area contributed by atoms with Gasteiger partial charge in [-0.05, 0) is 68.4 Å². The molecule has 1 N–H and O–H groups in total. The van der Waals surface area contributed by atoms with Crippen LogP contribution in [0.1, 0.15) is 44.2 Å². The molecule has 6 rings (SSSR count). The van der Waals surface area contributed by atoms with Gasteiger partial charge in [-0.15, -0.1) is 0 Å². The van der Waals surface area contributed by atoms with Crippen molar-refractivity contribution in [1.82, 2.24) is 4.98 Å². The van der Waals surface area contributed by atoms with Gasteiger partial charge >= 0.3 is 0 Å². The van der Waals surface area contributed by atoms with E-state index >= 15 is 0 Å². The highest BCUT2D eigenvalue weighted by atomic mass is 16.6. The topological polar surface area (TPSA) is 58.9 Å². The van der Waals surface area contributed by atoms with E-state index in [1.54, 1.807) is 12.1 Å². The number of nitro groups is 1. The number of benzene rings is 1. The lowest BCUT2D eigenvalue weighted by molar-refractivity contribution is -0.384. The molecule has 2 aromatic rings. The van der Waals surface area contributed by atoms with E-state index in [1.807, 2.05) is 6.07 Å².